The van der Waals surface area contributed by atoms with Gasteiger partial charge in [-0.2, -0.15) is 0 Å². The van der Waals surface area contributed by atoms with Crippen LogP contribution >= 0.6 is 15.9 Å². The Kier molecular flexibility index (Phi) is 4.36. The summed E-state index contributed by atoms with van der Waals surface area (Å²) in [6.07, 6.45) is 2.13. The number of carbonyl (C=O) groups is 1. The van der Waals surface area contributed by atoms with E-state index in [0.717, 1.165) is 39.9 Å². The van der Waals surface area contributed by atoms with Gasteiger partial charge in [-0.15, -0.1) is 5.10 Å². The number of benzene rings is 2. The number of nitrogens with zero attached hydrogens (tertiary/aromatic N) is 3. The van der Waals surface area contributed by atoms with Crippen LogP contribution in [-0.4, -0.2) is 20.9 Å². The second-order valence-corrected chi connectivity index (χ2v) is 7.57. The van der Waals surface area contributed by atoms with Crippen LogP contribution in [0, 0.1) is 13.8 Å². The minimum atomic E-state index is -0.216. The van der Waals surface area contributed by atoms with Crippen molar-refractivity contribution in [3.63, 3.8) is 0 Å². The summed E-state index contributed by atoms with van der Waals surface area (Å²) in [5.74, 6) is 0.127. The first-order valence-electron chi connectivity index (χ1n) is 8.63. The Balaban J connectivity index is 1.69. The van der Waals surface area contributed by atoms with E-state index in [9.17, 15) is 4.79 Å². The molecule has 5 nitrogen and oxygen atoms in total. The van der Waals surface area contributed by atoms with Crippen LogP contribution in [0.25, 0.3) is 5.69 Å². The average molecular weight is 411 g/mol. The van der Waals surface area contributed by atoms with Gasteiger partial charge < -0.3 is 5.32 Å². The smallest absolute Gasteiger partial charge is 0.278 e. The molecule has 4 rings (SSSR count). The van der Waals surface area contributed by atoms with Gasteiger partial charge in [0.1, 0.15) is 0 Å². The first-order chi connectivity index (χ1) is 12.5. The Labute approximate surface area is 160 Å². The van der Waals surface area contributed by atoms with E-state index in [0.29, 0.717) is 11.6 Å². The molecule has 1 aromatic heterocycles. The number of anilines is 1. The molecule has 1 fully saturated rings. The highest BCUT2D eigenvalue weighted by atomic mass is 79.9. The van der Waals surface area contributed by atoms with Crippen LogP contribution < -0.4 is 5.32 Å². The lowest BCUT2D eigenvalue weighted by Gasteiger charge is -2.10. The molecule has 0 radical (unpaired) electrons. The fourth-order valence-corrected chi connectivity index (χ4v) is 3.34. The van der Waals surface area contributed by atoms with Gasteiger partial charge in [0.25, 0.3) is 5.91 Å². The Morgan fingerprint density at radius 2 is 1.88 bits per heavy atom. The van der Waals surface area contributed by atoms with Gasteiger partial charge in [0, 0.05) is 16.1 Å². The van der Waals surface area contributed by atoms with Crippen molar-refractivity contribution in [3.05, 3.63) is 69.5 Å². The highest BCUT2D eigenvalue weighted by Gasteiger charge is 2.34. The maximum absolute atomic E-state index is 12.9. The lowest BCUT2D eigenvalue weighted by Crippen LogP contribution is -2.16. The largest absolute Gasteiger partial charge is 0.320 e. The molecule has 6 heteroatoms. The van der Waals surface area contributed by atoms with Crippen LogP contribution in [0.3, 0.4) is 0 Å². The molecule has 3 aromatic rings. The summed E-state index contributed by atoms with van der Waals surface area (Å²) in [6, 6.07) is 13.8. The highest BCUT2D eigenvalue weighted by Crippen LogP contribution is 2.42. The van der Waals surface area contributed by atoms with Gasteiger partial charge in [0.05, 0.1) is 11.4 Å². The van der Waals surface area contributed by atoms with Crippen LogP contribution in [0.1, 0.15) is 46.1 Å². The number of aryl methyl sites for hydroxylation is 1. The molecule has 1 heterocycles. The van der Waals surface area contributed by atoms with Crippen molar-refractivity contribution in [2.24, 2.45) is 0 Å². The first kappa shape index (κ1) is 17.0. The van der Waals surface area contributed by atoms with Crippen LogP contribution in [0.5, 0.6) is 0 Å². The topological polar surface area (TPSA) is 59.8 Å². The molecule has 0 unspecified atom stereocenters. The molecule has 132 valence electrons. The van der Waals surface area contributed by atoms with Crippen LogP contribution in [0.2, 0.25) is 0 Å². The van der Waals surface area contributed by atoms with Gasteiger partial charge in [-0.05, 0) is 56.5 Å². The van der Waals surface area contributed by atoms with E-state index >= 15 is 0 Å². The summed E-state index contributed by atoms with van der Waals surface area (Å²) in [5, 5.41) is 11.5. The standard InChI is InChI=1S/C20H19BrN4O/c1-12-6-10-15(11-7-12)25-19(14-8-9-14)18(23-24-25)20(26)22-17-5-3-4-16(21)13(17)2/h3-7,10-11,14H,8-9H2,1-2H3,(H,22,26). The maximum atomic E-state index is 12.9. The normalized spacial score (nSPS) is 13.7. The zero-order valence-electron chi connectivity index (χ0n) is 14.7. The number of aromatic nitrogens is 3. The van der Waals surface area contributed by atoms with E-state index in [-0.39, 0.29) is 5.91 Å². The number of hydrogen-bond acceptors (Lipinski definition) is 3. The zero-order chi connectivity index (χ0) is 18.3. The van der Waals surface area contributed by atoms with E-state index in [4.69, 9.17) is 0 Å². The van der Waals surface area contributed by atoms with E-state index < -0.39 is 0 Å². The number of hydrogen-bond donors (Lipinski definition) is 1. The van der Waals surface area contributed by atoms with Crippen LogP contribution in [0.15, 0.2) is 46.9 Å². The summed E-state index contributed by atoms with van der Waals surface area (Å²) >= 11 is 3.50. The molecular weight excluding hydrogens is 392 g/mol. The molecule has 1 aliphatic carbocycles. The van der Waals surface area contributed by atoms with Crippen molar-refractivity contribution in [1.29, 1.82) is 0 Å². The molecule has 0 saturated heterocycles. The highest BCUT2D eigenvalue weighted by molar-refractivity contribution is 9.10. The lowest BCUT2D eigenvalue weighted by molar-refractivity contribution is 0.102. The number of carbonyl (C=O) groups excluding carboxylic acids is 1. The van der Waals surface area contributed by atoms with Crippen molar-refractivity contribution in [2.75, 3.05) is 5.32 Å². The molecule has 1 aliphatic rings. The molecule has 0 spiro atoms. The molecule has 0 bridgehead atoms. The second-order valence-electron chi connectivity index (χ2n) is 6.71. The Bertz CT molecular complexity index is 974. The monoisotopic (exact) mass is 410 g/mol. The van der Waals surface area contributed by atoms with Gasteiger partial charge in [-0.25, -0.2) is 4.68 Å². The van der Waals surface area contributed by atoms with Crippen molar-refractivity contribution in [1.82, 2.24) is 15.0 Å². The minimum Gasteiger partial charge on any atom is -0.320 e. The molecular formula is C20H19BrN4O. The van der Waals surface area contributed by atoms with E-state index in [1.807, 2.05) is 56.3 Å². The second kappa shape index (κ2) is 6.68. The van der Waals surface area contributed by atoms with E-state index in [2.05, 4.69) is 31.6 Å². The van der Waals surface area contributed by atoms with Crippen LogP contribution in [0.4, 0.5) is 5.69 Å². The van der Waals surface area contributed by atoms with Gasteiger partial charge in [0.2, 0.25) is 0 Å². The predicted molar refractivity (Wildman–Crippen MR) is 105 cm³/mol. The molecule has 1 saturated carbocycles. The van der Waals surface area contributed by atoms with E-state index in [1.54, 1.807) is 4.68 Å². The third-order valence-electron chi connectivity index (χ3n) is 4.68. The molecule has 2 aromatic carbocycles. The molecule has 1 amide bonds. The molecule has 0 atom stereocenters. The van der Waals surface area contributed by atoms with Crippen molar-refractivity contribution < 1.29 is 4.79 Å². The van der Waals surface area contributed by atoms with Gasteiger partial charge in [-0.3, -0.25) is 4.79 Å². The molecule has 26 heavy (non-hydrogen) atoms. The van der Waals surface area contributed by atoms with Gasteiger partial charge >= 0.3 is 0 Å². The number of amides is 1. The predicted octanol–water partition coefficient (Wildman–Crippen LogP) is 4.78. The molecule has 1 N–H and O–H groups in total. The van der Waals surface area contributed by atoms with Crippen molar-refractivity contribution in [3.8, 4) is 5.69 Å². The van der Waals surface area contributed by atoms with Gasteiger partial charge in [-0.1, -0.05) is 44.9 Å². The van der Waals surface area contributed by atoms with Crippen LogP contribution in [-0.2, 0) is 0 Å². The van der Waals surface area contributed by atoms with Gasteiger partial charge in [0.15, 0.2) is 5.69 Å². The average Bonchev–Trinajstić information content (AvgIpc) is 3.38. The Morgan fingerprint density at radius 3 is 2.58 bits per heavy atom. The summed E-state index contributed by atoms with van der Waals surface area (Å²) in [4.78, 5) is 12.9. The minimum absolute atomic E-state index is 0.216. The molecule has 0 aliphatic heterocycles. The summed E-state index contributed by atoms with van der Waals surface area (Å²) in [7, 11) is 0. The fourth-order valence-electron chi connectivity index (χ4n) is 2.98. The Hall–Kier alpha value is -2.47. The zero-order valence-corrected chi connectivity index (χ0v) is 16.2. The lowest BCUT2D eigenvalue weighted by atomic mass is 10.1. The number of halogens is 1. The number of rotatable bonds is 4. The first-order valence-corrected chi connectivity index (χ1v) is 9.43. The summed E-state index contributed by atoms with van der Waals surface area (Å²) < 4.78 is 2.76. The Morgan fingerprint density at radius 1 is 1.15 bits per heavy atom. The summed E-state index contributed by atoms with van der Waals surface area (Å²) in [5.41, 5.74) is 5.19. The summed E-state index contributed by atoms with van der Waals surface area (Å²) in [6.45, 7) is 4.01. The third kappa shape index (κ3) is 3.17. The fraction of sp³-hybridized carbons (Fsp3) is 0.250. The third-order valence-corrected chi connectivity index (χ3v) is 5.54. The van der Waals surface area contributed by atoms with Crippen molar-refractivity contribution >= 4 is 27.5 Å². The van der Waals surface area contributed by atoms with Crippen molar-refractivity contribution in [2.45, 2.75) is 32.6 Å². The maximum Gasteiger partial charge on any atom is 0.278 e. The number of nitrogens with one attached hydrogen (secondary N) is 1. The van der Waals surface area contributed by atoms with E-state index in [1.165, 1.54) is 5.56 Å². The quantitative estimate of drug-likeness (QED) is 0.673. The SMILES string of the molecule is Cc1ccc(-n2nnc(C(=O)Nc3cccc(Br)c3C)c2C2CC2)cc1.